The molecule has 2 rings (SSSR count). The molecule has 0 unspecified atom stereocenters. The molecule has 5 nitrogen and oxygen atoms in total. The summed E-state index contributed by atoms with van der Waals surface area (Å²) in [5.74, 6) is 5.41. The monoisotopic (exact) mass is 176 g/mol. The topological polar surface area (TPSA) is 64.2 Å². The molecule has 0 aliphatic carbocycles. The third-order valence-corrected chi connectivity index (χ3v) is 1.83. The minimum absolute atomic E-state index is 0.542. The maximum absolute atomic E-state index is 10.4. The Balaban J connectivity index is 2.64. The van der Waals surface area contributed by atoms with Gasteiger partial charge in [0, 0.05) is 24.0 Å². The van der Waals surface area contributed by atoms with Crippen LogP contribution < -0.4 is 11.0 Å². The number of hydrogen-bond acceptors (Lipinski definition) is 3. The molecule has 13 heavy (non-hydrogen) atoms. The lowest BCUT2D eigenvalue weighted by Gasteiger charge is -2.12. The standard InChI is InChI=1S/C8H8N4O/c9-12(6-13)11-4-2-7-5-10-3-1-8(7)11/h1-6H,9H2. The van der Waals surface area contributed by atoms with E-state index >= 15 is 0 Å². The highest BCUT2D eigenvalue weighted by Crippen LogP contribution is 2.12. The molecule has 0 saturated heterocycles. The summed E-state index contributed by atoms with van der Waals surface area (Å²) in [6, 6.07) is 3.63. The number of hydrogen-bond donors (Lipinski definition) is 1. The van der Waals surface area contributed by atoms with Crippen LogP contribution in [0.5, 0.6) is 0 Å². The molecule has 2 heterocycles. The van der Waals surface area contributed by atoms with Crippen molar-refractivity contribution in [2.75, 3.05) is 5.12 Å². The summed E-state index contributed by atoms with van der Waals surface area (Å²) in [6.45, 7) is 0. The molecular weight excluding hydrogens is 168 g/mol. The van der Waals surface area contributed by atoms with Crippen LogP contribution in [-0.2, 0) is 4.79 Å². The van der Waals surface area contributed by atoms with Gasteiger partial charge in [-0.1, -0.05) is 0 Å². The number of pyridine rings is 1. The summed E-state index contributed by atoms with van der Waals surface area (Å²) in [4.78, 5) is 14.4. The molecule has 0 saturated carbocycles. The summed E-state index contributed by atoms with van der Waals surface area (Å²) in [5, 5.41) is 1.92. The minimum Gasteiger partial charge on any atom is -0.275 e. The van der Waals surface area contributed by atoms with Gasteiger partial charge in [0.1, 0.15) is 0 Å². The first-order valence-electron chi connectivity index (χ1n) is 3.73. The van der Waals surface area contributed by atoms with Crippen molar-refractivity contribution in [1.29, 1.82) is 0 Å². The third-order valence-electron chi connectivity index (χ3n) is 1.83. The van der Waals surface area contributed by atoms with E-state index < -0.39 is 0 Å². The normalized spacial score (nSPS) is 10.2. The summed E-state index contributed by atoms with van der Waals surface area (Å²) in [5.41, 5.74) is 0.851. The van der Waals surface area contributed by atoms with Crippen molar-refractivity contribution in [3.63, 3.8) is 0 Å². The van der Waals surface area contributed by atoms with Gasteiger partial charge in [0.2, 0.25) is 6.41 Å². The lowest BCUT2D eigenvalue weighted by molar-refractivity contribution is -0.108. The Labute approximate surface area is 74.3 Å². The van der Waals surface area contributed by atoms with Crippen LogP contribution in [0, 0.1) is 0 Å². The summed E-state index contributed by atoms with van der Waals surface area (Å²) >= 11 is 0. The molecule has 1 amide bonds. The SMILES string of the molecule is NN(C=O)n1ccc2cnccc21. The summed E-state index contributed by atoms with van der Waals surface area (Å²) in [7, 11) is 0. The van der Waals surface area contributed by atoms with Crippen LogP contribution in [0.15, 0.2) is 30.7 Å². The number of fused-ring (bicyclic) bond motifs is 1. The molecule has 66 valence electrons. The van der Waals surface area contributed by atoms with Gasteiger partial charge in [-0.3, -0.25) is 9.78 Å². The van der Waals surface area contributed by atoms with Gasteiger partial charge in [-0.2, -0.15) is 5.12 Å². The second-order valence-electron chi connectivity index (χ2n) is 2.58. The molecule has 0 aliphatic rings. The molecule has 0 aliphatic heterocycles. The first-order valence-corrected chi connectivity index (χ1v) is 3.73. The maximum Gasteiger partial charge on any atom is 0.243 e. The van der Waals surface area contributed by atoms with E-state index in [1.54, 1.807) is 29.3 Å². The van der Waals surface area contributed by atoms with Crippen molar-refractivity contribution in [3.05, 3.63) is 30.7 Å². The third kappa shape index (κ3) is 1.15. The molecule has 0 atom stereocenters. The summed E-state index contributed by atoms with van der Waals surface area (Å²) in [6.07, 6.45) is 5.61. The van der Waals surface area contributed by atoms with Crippen molar-refractivity contribution >= 4 is 17.3 Å². The molecule has 2 aromatic rings. The van der Waals surface area contributed by atoms with Crippen molar-refractivity contribution < 1.29 is 4.79 Å². The van der Waals surface area contributed by atoms with Gasteiger partial charge in [0.05, 0.1) is 5.52 Å². The zero-order chi connectivity index (χ0) is 9.26. The van der Waals surface area contributed by atoms with Gasteiger partial charge in [0.15, 0.2) is 0 Å². The number of carbonyl (C=O) groups is 1. The molecule has 0 spiro atoms. The van der Waals surface area contributed by atoms with Crippen LogP contribution in [0.4, 0.5) is 0 Å². The maximum atomic E-state index is 10.4. The van der Waals surface area contributed by atoms with Crippen LogP contribution in [0.1, 0.15) is 0 Å². The van der Waals surface area contributed by atoms with Gasteiger partial charge in [-0.25, -0.2) is 10.5 Å². The molecule has 0 aromatic carbocycles. The Hall–Kier alpha value is -1.88. The second-order valence-corrected chi connectivity index (χ2v) is 2.58. The number of aromatic nitrogens is 2. The van der Waals surface area contributed by atoms with E-state index in [2.05, 4.69) is 4.98 Å². The summed E-state index contributed by atoms with van der Waals surface area (Å²) < 4.78 is 1.55. The Morgan fingerprint density at radius 2 is 2.38 bits per heavy atom. The number of amides is 1. The lowest BCUT2D eigenvalue weighted by Crippen LogP contribution is -2.39. The largest absolute Gasteiger partial charge is 0.275 e. The van der Waals surface area contributed by atoms with Gasteiger partial charge >= 0.3 is 0 Å². The minimum atomic E-state index is 0.542. The number of nitrogens with two attached hydrogens (primary N) is 1. The van der Waals surface area contributed by atoms with Gasteiger partial charge in [0.25, 0.3) is 0 Å². The van der Waals surface area contributed by atoms with Crippen molar-refractivity contribution in [1.82, 2.24) is 9.66 Å². The molecular formula is C8H8N4O. The Morgan fingerprint density at radius 3 is 3.15 bits per heavy atom. The number of carbonyl (C=O) groups excluding carboxylic acids is 1. The quantitative estimate of drug-likeness (QED) is 0.303. The molecule has 0 bridgehead atoms. The number of hydrazine groups is 1. The molecule has 5 heteroatoms. The Morgan fingerprint density at radius 1 is 1.54 bits per heavy atom. The molecule has 0 radical (unpaired) electrons. The van der Waals surface area contributed by atoms with Crippen LogP contribution in [0.25, 0.3) is 10.9 Å². The van der Waals surface area contributed by atoms with E-state index in [4.69, 9.17) is 5.84 Å². The van der Waals surface area contributed by atoms with Gasteiger partial charge in [-0.15, -0.1) is 0 Å². The fourth-order valence-corrected chi connectivity index (χ4v) is 1.22. The van der Waals surface area contributed by atoms with Crippen LogP contribution in [0.2, 0.25) is 0 Å². The smallest absolute Gasteiger partial charge is 0.243 e. The zero-order valence-electron chi connectivity index (χ0n) is 6.79. The van der Waals surface area contributed by atoms with Crippen molar-refractivity contribution in [2.45, 2.75) is 0 Å². The fourth-order valence-electron chi connectivity index (χ4n) is 1.22. The Kier molecular flexibility index (Phi) is 1.71. The van der Waals surface area contributed by atoms with Gasteiger partial charge < -0.3 is 0 Å². The number of nitrogens with zero attached hydrogens (tertiary/aromatic N) is 3. The van der Waals surface area contributed by atoms with Crippen LogP contribution in [0.3, 0.4) is 0 Å². The number of rotatable bonds is 2. The van der Waals surface area contributed by atoms with E-state index in [-0.39, 0.29) is 0 Å². The molecule has 0 fully saturated rings. The average molecular weight is 176 g/mol. The van der Waals surface area contributed by atoms with E-state index in [1.807, 2.05) is 6.07 Å². The van der Waals surface area contributed by atoms with E-state index in [9.17, 15) is 4.79 Å². The van der Waals surface area contributed by atoms with Crippen LogP contribution >= 0.6 is 0 Å². The van der Waals surface area contributed by atoms with Crippen molar-refractivity contribution in [3.8, 4) is 0 Å². The average Bonchev–Trinajstić information content (AvgIpc) is 2.60. The van der Waals surface area contributed by atoms with E-state index in [1.165, 1.54) is 0 Å². The molecule has 2 aromatic heterocycles. The highest BCUT2D eigenvalue weighted by atomic mass is 16.2. The van der Waals surface area contributed by atoms with E-state index in [0.29, 0.717) is 6.41 Å². The highest BCUT2D eigenvalue weighted by Gasteiger charge is 2.02. The fraction of sp³-hybridized carbons (Fsp3) is 0. The van der Waals surface area contributed by atoms with Crippen molar-refractivity contribution in [2.24, 2.45) is 5.84 Å². The predicted octanol–water partition coefficient (Wildman–Crippen LogP) is 0.00440. The second kappa shape index (κ2) is 2.87. The van der Waals surface area contributed by atoms with Crippen LogP contribution in [-0.4, -0.2) is 16.1 Å². The molecule has 2 N–H and O–H groups in total. The highest BCUT2D eigenvalue weighted by molar-refractivity contribution is 5.80. The van der Waals surface area contributed by atoms with Gasteiger partial charge in [-0.05, 0) is 12.1 Å². The van der Waals surface area contributed by atoms with E-state index in [0.717, 1.165) is 16.0 Å². The first-order chi connectivity index (χ1) is 6.33. The predicted molar refractivity (Wildman–Crippen MR) is 48.2 cm³/mol. The Bertz CT molecular complexity index is 436. The lowest BCUT2D eigenvalue weighted by atomic mass is 10.3. The zero-order valence-corrected chi connectivity index (χ0v) is 6.79. The first kappa shape index (κ1) is 7.75.